The summed E-state index contributed by atoms with van der Waals surface area (Å²) in [6, 6.07) is 9.51. The zero-order chi connectivity index (χ0) is 19.1. The van der Waals surface area contributed by atoms with Crippen LogP contribution in [0.1, 0.15) is 16.8 Å². The van der Waals surface area contributed by atoms with Crippen molar-refractivity contribution < 1.29 is 9.47 Å². The van der Waals surface area contributed by atoms with Gasteiger partial charge in [0.05, 0.1) is 5.69 Å². The number of ether oxygens (including phenoxy) is 2. The SMILES string of the molecule is O=c1[nH]c(-c2ccccn2)nc2c1CCN(Cc1cc3c(cc1Br)OCO3)C2. The van der Waals surface area contributed by atoms with Crippen LogP contribution in [0.15, 0.2) is 45.8 Å². The largest absolute Gasteiger partial charge is 0.454 e. The van der Waals surface area contributed by atoms with E-state index in [9.17, 15) is 4.79 Å². The number of benzene rings is 1. The van der Waals surface area contributed by atoms with E-state index in [1.54, 1.807) is 6.20 Å². The summed E-state index contributed by atoms with van der Waals surface area (Å²) in [6.07, 6.45) is 2.36. The number of H-pyrrole nitrogens is 1. The van der Waals surface area contributed by atoms with Gasteiger partial charge >= 0.3 is 0 Å². The van der Waals surface area contributed by atoms with Crippen LogP contribution in [0, 0.1) is 0 Å². The monoisotopic (exact) mass is 440 g/mol. The summed E-state index contributed by atoms with van der Waals surface area (Å²) in [5, 5.41) is 0. The van der Waals surface area contributed by atoms with E-state index in [2.05, 4.69) is 30.8 Å². The van der Waals surface area contributed by atoms with Crippen LogP contribution < -0.4 is 15.0 Å². The minimum absolute atomic E-state index is 0.0745. The lowest BCUT2D eigenvalue weighted by molar-refractivity contribution is 0.174. The zero-order valence-corrected chi connectivity index (χ0v) is 16.5. The number of nitrogens with zero attached hydrogens (tertiary/aromatic N) is 3. The molecule has 142 valence electrons. The fraction of sp³-hybridized carbons (Fsp3) is 0.250. The van der Waals surface area contributed by atoms with Gasteiger partial charge in [0.25, 0.3) is 5.56 Å². The van der Waals surface area contributed by atoms with Crippen LogP contribution >= 0.6 is 15.9 Å². The topological polar surface area (TPSA) is 80.3 Å². The van der Waals surface area contributed by atoms with Gasteiger partial charge in [-0.1, -0.05) is 22.0 Å². The molecule has 0 unspecified atom stereocenters. The molecule has 8 heteroatoms. The molecule has 2 aliphatic rings. The fourth-order valence-corrected chi connectivity index (χ4v) is 4.02. The number of hydrogen-bond acceptors (Lipinski definition) is 6. The maximum absolute atomic E-state index is 12.5. The Morgan fingerprint density at radius 3 is 2.89 bits per heavy atom. The molecule has 3 aromatic rings. The summed E-state index contributed by atoms with van der Waals surface area (Å²) in [4.78, 5) is 26.7. The van der Waals surface area contributed by atoms with Crippen molar-refractivity contribution >= 4 is 15.9 Å². The highest BCUT2D eigenvalue weighted by Crippen LogP contribution is 2.37. The highest BCUT2D eigenvalue weighted by molar-refractivity contribution is 9.10. The van der Waals surface area contributed by atoms with Crippen LogP contribution in [0.4, 0.5) is 0 Å². The van der Waals surface area contributed by atoms with E-state index in [0.29, 0.717) is 24.5 Å². The molecule has 0 fully saturated rings. The number of pyridine rings is 1. The van der Waals surface area contributed by atoms with E-state index in [1.165, 1.54) is 0 Å². The quantitative estimate of drug-likeness (QED) is 0.674. The van der Waals surface area contributed by atoms with Crippen LogP contribution in [-0.2, 0) is 19.5 Å². The second-order valence-corrected chi connectivity index (χ2v) is 7.67. The van der Waals surface area contributed by atoms with Crippen molar-refractivity contribution in [2.45, 2.75) is 19.5 Å². The fourth-order valence-electron chi connectivity index (χ4n) is 3.57. The Bertz CT molecular complexity index is 1100. The smallest absolute Gasteiger partial charge is 0.254 e. The molecular formula is C20H17BrN4O3. The molecule has 0 radical (unpaired) electrons. The number of hydrogen-bond donors (Lipinski definition) is 1. The van der Waals surface area contributed by atoms with E-state index in [0.717, 1.165) is 45.9 Å². The Kier molecular flexibility index (Phi) is 4.37. The van der Waals surface area contributed by atoms with Crippen LogP contribution in [-0.4, -0.2) is 33.2 Å². The minimum Gasteiger partial charge on any atom is -0.454 e. The van der Waals surface area contributed by atoms with E-state index < -0.39 is 0 Å². The van der Waals surface area contributed by atoms with Gasteiger partial charge in [-0.05, 0) is 36.2 Å². The average molecular weight is 441 g/mol. The molecule has 0 saturated heterocycles. The van der Waals surface area contributed by atoms with Gasteiger partial charge in [0.15, 0.2) is 17.3 Å². The van der Waals surface area contributed by atoms with Crippen molar-refractivity contribution in [3.8, 4) is 23.0 Å². The first-order valence-electron chi connectivity index (χ1n) is 9.01. The van der Waals surface area contributed by atoms with E-state index >= 15 is 0 Å². The van der Waals surface area contributed by atoms with Gasteiger partial charge in [-0.25, -0.2) is 4.98 Å². The van der Waals surface area contributed by atoms with Gasteiger partial charge in [-0.15, -0.1) is 0 Å². The highest BCUT2D eigenvalue weighted by Gasteiger charge is 2.23. The maximum atomic E-state index is 12.5. The van der Waals surface area contributed by atoms with Crippen molar-refractivity contribution in [3.05, 3.63) is 68.2 Å². The molecule has 7 nitrogen and oxygen atoms in total. The summed E-state index contributed by atoms with van der Waals surface area (Å²) >= 11 is 3.62. The second-order valence-electron chi connectivity index (χ2n) is 6.81. The lowest BCUT2D eigenvalue weighted by atomic mass is 10.1. The number of aromatic amines is 1. The first-order valence-corrected chi connectivity index (χ1v) is 9.80. The normalized spacial score (nSPS) is 15.5. The summed E-state index contributed by atoms with van der Waals surface area (Å²) in [7, 11) is 0. The van der Waals surface area contributed by atoms with Crippen LogP contribution in [0.25, 0.3) is 11.5 Å². The molecule has 2 aromatic heterocycles. The second kappa shape index (κ2) is 7.03. The summed E-state index contributed by atoms with van der Waals surface area (Å²) < 4.78 is 11.9. The molecule has 2 aliphatic heterocycles. The number of fused-ring (bicyclic) bond motifs is 2. The molecule has 0 saturated carbocycles. The third-order valence-electron chi connectivity index (χ3n) is 5.00. The molecule has 0 aliphatic carbocycles. The van der Waals surface area contributed by atoms with E-state index in [4.69, 9.17) is 14.5 Å². The van der Waals surface area contributed by atoms with Crippen molar-refractivity contribution in [3.63, 3.8) is 0 Å². The third-order valence-corrected chi connectivity index (χ3v) is 5.73. The Morgan fingerprint density at radius 1 is 1.21 bits per heavy atom. The average Bonchev–Trinajstić information content (AvgIpc) is 3.15. The lowest BCUT2D eigenvalue weighted by Gasteiger charge is -2.28. The first-order chi connectivity index (χ1) is 13.7. The third kappa shape index (κ3) is 3.18. The minimum atomic E-state index is -0.0745. The zero-order valence-electron chi connectivity index (χ0n) is 14.9. The van der Waals surface area contributed by atoms with Gasteiger partial charge in [0, 0.05) is 35.9 Å². The summed E-state index contributed by atoms with van der Waals surface area (Å²) in [5.41, 5.74) is 3.28. The van der Waals surface area contributed by atoms with Gasteiger partial charge in [-0.3, -0.25) is 14.7 Å². The highest BCUT2D eigenvalue weighted by atomic mass is 79.9. The van der Waals surface area contributed by atoms with Crippen molar-refractivity contribution in [2.24, 2.45) is 0 Å². The maximum Gasteiger partial charge on any atom is 0.254 e. The summed E-state index contributed by atoms with van der Waals surface area (Å²) in [5.74, 6) is 2.03. The predicted molar refractivity (Wildman–Crippen MR) is 106 cm³/mol. The number of halogens is 1. The number of aromatic nitrogens is 3. The van der Waals surface area contributed by atoms with Gasteiger partial charge in [0.1, 0.15) is 5.69 Å². The molecular weight excluding hydrogens is 424 g/mol. The van der Waals surface area contributed by atoms with Crippen molar-refractivity contribution in [2.75, 3.05) is 13.3 Å². The Balaban J connectivity index is 1.42. The van der Waals surface area contributed by atoms with Gasteiger partial charge in [0.2, 0.25) is 6.79 Å². The lowest BCUT2D eigenvalue weighted by Crippen LogP contribution is -2.35. The number of nitrogens with one attached hydrogen (secondary N) is 1. The Labute approximate surface area is 169 Å². The molecule has 0 bridgehead atoms. The van der Waals surface area contributed by atoms with Crippen LogP contribution in [0.5, 0.6) is 11.5 Å². The molecule has 5 rings (SSSR count). The molecule has 0 amide bonds. The molecule has 0 atom stereocenters. The standard InChI is InChI=1S/C20H17BrN4O3/c21-14-8-18-17(27-11-28-18)7-12(14)9-25-6-4-13-16(10-25)23-19(24-20(13)26)15-3-1-2-5-22-15/h1-3,5,7-8H,4,6,9-11H2,(H,23,24,26). The van der Waals surface area contributed by atoms with Gasteiger partial charge < -0.3 is 14.5 Å². The Hall–Kier alpha value is -2.71. The molecule has 1 aromatic carbocycles. The van der Waals surface area contributed by atoms with E-state index in [-0.39, 0.29) is 12.4 Å². The molecule has 28 heavy (non-hydrogen) atoms. The summed E-state index contributed by atoms with van der Waals surface area (Å²) in [6.45, 7) is 2.39. The van der Waals surface area contributed by atoms with Crippen LogP contribution in [0.2, 0.25) is 0 Å². The van der Waals surface area contributed by atoms with Crippen LogP contribution in [0.3, 0.4) is 0 Å². The first kappa shape index (κ1) is 17.4. The predicted octanol–water partition coefficient (Wildman–Crippen LogP) is 2.88. The van der Waals surface area contributed by atoms with Crippen molar-refractivity contribution in [1.29, 1.82) is 0 Å². The molecule has 0 spiro atoms. The van der Waals surface area contributed by atoms with Gasteiger partial charge in [-0.2, -0.15) is 0 Å². The van der Waals surface area contributed by atoms with E-state index in [1.807, 2.05) is 30.3 Å². The molecule has 4 heterocycles. The van der Waals surface area contributed by atoms with Crippen molar-refractivity contribution in [1.82, 2.24) is 19.9 Å². The molecule has 1 N–H and O–H groups in total. The number of rotatable bonds is 3. The Morgan fingerprint density at radius 2 is 2.07 bits per heavy atom.